The fraction of sp³-hybridized carbons (Fsp3) is 0.610. The van der Waals surface area contributed by atoms with Crippen LogP contribution in [0.3, 0.4) is 0 Å². The highest BCUT2D eigenvalue weighted by Gasteiger charge is 2.39. The summed E-state index contributed by atoms with van der Waals surface area (Å²) in [7, 11) is 0. The standard InChI is InChI=1S/C59H85NO9/c1-3-5-7-9-11-13-15-17-19-21-23-25-33-39-56(63)66-47-53(68-57(64)40-34-26-24-22-20-18-16-14-12-10-8-6-4-2)48-67-59(50-35-29-27-30-36-50,51-37-31-28-32-38-51)52-43-41-49(42-44-52)58(65)69-60-54(61)45-46-55(60)62/h27-32,35-38,41-44,53H,3-26,33-34,39-40,45-48H2,1-2H3. The molecule has 1 unspecified atom stereocenters. The van der Waals surface area contributed by atoms with Crippen molar-refractivity contribution < 1.29 is 43.0 Å². The fourth-order valence-electron chi connectivity index (χ4n) is 9.14. The summed E-state index contributed by atoms with van der Waals surface area (Å²) in [6.07, 6.45) is 31.1. The van der Waals surface area contributed by atoms with Crippen molar-refractivity contribution in [2.24, 2.45) is 0 Å². The lowest BCUT2D eigenvalue weighted by molar-refractivity contribution is -0.172. The molecule has 0 saturated carbocycles. The number of hydroxylamine groups is 2. The Labute approximate surface area is 414 Å². The van der Waals surface area contributed by atoms with Crippen LogP contribution in [0.4, 0.5) is 0 Å². The van der Waals surface area contributed by atoms with E-state index in [1.165, 1.54) is 122 Å². The van der Waals surface area contributed by atoms with Crippen molar-refractivity contribution in [2.45, 2.75) is 218 Å². The van der Waals surface area contributed by atoms with Crippen LogP contribution in [-0.2, 0) is 43.8 Å². The number of rotatable bonds is 39. The van der Waals surface area contributed by atoms with Gasteiger partial charge in [0, 0.05) is 25.7 Å². The maximum Gasteiger partial charge on any atom is 0.363 e. The molecule has 10 heteroatoms. The molecule has 1 saturated heterocycles. The minimum atomic E-state index is -1.27. The molecule has 1 aliphatic heterocycles. The van der Waals surface area contributed by atoms with Crippen molar-refractivity contribution in [3.8, 4) is 0 Å². The molecule has 3 aromatic carbocycles. The second-order valence-electron chi connectivity index (χ2n) is 19.0. The number of esters is 2. The lowest BCUT2D eigenvalue weighted by atomic mass is 9.79. The van der Waals surface area contributed by atoms with Crippen molar-refractivity contribution in [1.82, 2.24) is 5.06 Å². The number of benzene rings is 3. The van der Waals surface area contributed by atoms with Crippen LogP contribution in [0.1, 0.15) is 234 Å². The second-order valence-corrected chi connectivity index (χ2v) is 19.0. The molecule has 0 aromatic heterocycles. The first-order valence-electron chi connectivity index (χ1n) is 27.1. The highest BCUT2D eigenvalue weighted by molar-refractivity contribution is 6.02. The van der Waals surface area contributed by atoms with Crippen LogP contribution in [-0.4, -0.2) is 54.1 Å². The van der Waals surface area contributed by atoms with E-state index in [0.717, 1.165) is 56.1 Å². The van der Waals surface area contributed by atoms with Gasteiger partial charge in [-0.25, -0.2) is 4.79 Å². The molecule has 0 spiro atoms. The van der Waals surface area contributed by atoms with Crippen molar-refractivity contribution in [3.05, 3.63) is 107 Å². The molecule has 69 heavy (non-hydrogen) atoms. The van der Waals surface area contributed by atoms with E-state index >= 15 is 0 Å². The highest BCUT2D eigenvalue weighted by atomic mass is 16.7. The molecular formula is C59H85NO9. The van der Waals surface area contributed by atoms with Gasteiger partial charge >= 0.3 is 17.9 Å². The molecule has 0 radical (unpaired) electrons. The van der Waals surface area contributed by atoms with E-state index in [-0.39, 0.29) is 50.0 Å². The van der Waals surface area contributed by atoms with Gasteiger partial charge in [0.1, 0.15) is 12.2 Å². The largest absolute Gasteiger partial charge is 0.462 e. The van der Waals surface area contributed by atoms with E-state index in [9.17, 15) is 24.0 Å². The number of carbonyl (C=O) groups excluding carboxylic acids is 5. The van der Waals surface area contributed by atoms with E-state index in [0.29, 0.717) is 17.0 Å². The summed E-state index contributed by atoms with van der Waals surface area (Å²) in [5.41, 5.74) is 1.06. The molecule has 380 valence electrons. The van der Waals surface area contributed by atoms with Crippen LogP contribution in [0, 0.1) is 0 Å². The Kier molecular flexibility index (Phi) is 28.3. The first kappa shape index (κ1) is 56.8. The van der Waals surface area contributed by atoms with Gasteiger partial charge in [0.25, 0.3) is 11.8 Å². The van der Waals surface area contributed by atoms with Gasteiger partial charge in [-0.3, -0.25) is 19.2 Å². The molecule has 0 bridgehead atoms. The van der Waals surface area contributed by atoms with Crippen LogP contribution in [0.25, 0.3) is 0 Å². The predicted octanol–water partition coefficient (Wildman–Crippen LogP) is 14.6. The van der Waals surface area contributed by atoms with E-state index < -0.39 is 29.5 Å². The van der Waals surface area contributed by atoms with Crippen molar-refractivity contribution in [2.75, 3.05) is 13.2 Å². The normalized spacial score (nSPS) is 13.2. The lowest BCUT2D eigenvalue weighted by Crippen LogP contribution is -2.38. The van der Waals surface area contributed by atoms with Gasteiger partial charge in [0.2, 0.25) is 0 Å². The van der Waals surface area contributed by atoms with E-state index in [4.69, 9.17) is 19.0 Å². The summed E-state index contributed by atoms with van der Waals surface area (Å²) in [4.78, 5) is 69.4. The molecule has 10 nitrogen and oxygen atoms in total. The van der Waals surface area contributed by atoms with Gasteiger partial charge in [0.15, 0.2) is 6.10 Å². The molecule has 4 rings (SSSR count). The van der Waals surface area contributed by atoms with Crippen LogP contribution in [0.2, 0.25) is 0 Å². The number of hydrogen-bond acceptors (Lipinski definition) is 9. The molecule has 1 heterocycles. The predicted molar refractivity (Wildman–Crippen MR) is 273 cm³/mol. The van der Waals surface area contributed by atoms with Gasteiger partial charge in [-0.2, -0.15) is 0 Å². The van der Waals surface area contributed by atoms with Crippen LogP contribution < -0.4 is 0 Å². The minimum Gasteiger partial charge on any atom is -0.462 e. The van der Waals surface area contributed by atoms with Gasteiger partial charge in [-0.15, -0.1) is 5.06 Å². The first-order chi connectivity index (χ1) is 33.8. The smallest absolute Gasteiger partial charge is 0.363 e. The Morgan fingerprint density at radius 2 is 0.855 bits per heavy atom. The van der Waals surface area contributed by atoms with Crippen molar-refractivity contribution >= 4 is 29.7 Å². The summed E-state index contributed by atoms with van der Waals surface area (Å²) in [5, 5.41) is 0.532. The van der Waals surface area contributed by atoms with E-state index in [2.05, 4.69) is 13.8 Å². The number of unbranched alkanes of at least 4 members (excludes halogenated alkanes) is 24. The van der Waals surface area contributed by atoms with Gasteiger partial charge < -0.3 is 19.0 Å². The average molecular weight is 952 g/mol. The molecule has 0 N–H and O–H groups in total. The van der Waals surface area contributed by atoms with Crippen molar-refractivity contribution in [3.63, 3.8) is 0 Å². The number of imide groups is 1. The van der Waals surface area contributed by atoms with E-state index in [1.54, 1.807) is 24.3 Å². The zero-order valence-corrected chi connectivity index (χ0v) is 42.4. The Hall–Kier alpha value is -4.83. The molecule has 1 fully saturated rings. The minimum absolute atomic E-state index is 0.00647. The number of ether oxygens (including phenoxy) is 3. The van der Waals surface area contributed by atoms with Gasteiger partial charge in [-0.05, 0) is 41.7 Å². The number of hydrogen-bond donors (Lipinski definition) is 0. The summed E-state index contributed by atoms with van der Waals surface area (Å²) in [5.74, 6) is -2.65. The zero-order valence-electron chi connectivity index (χ0n) is 42.4. The second kappa shape index (κ2) is 34.5. The Morgan fingerprint density at radius 1 is 0.478 bits per heavy atom. The Balaban J connectivity index is 1.39. The summed E-state index contributed by atoms with van der Waals surface area (Å²) in [6, 6.07) is 25.9. The summed E-state index contributed by atoms with van der Waals surface area (Å²) < 4.78 is 19.0. The maximum atomic E-state index is 13.5. The third-order valence-electron chi connectivity index (χ3n) is 13.3. The third kappa shape index (κ3) is 21.4. The third-order valence-corrected chi connectivity index (χ3v) is 13.3. The quantitative estimate of drug-likeness (QED) is 0.0238. The topological polar surface area (TPSA) is 126 Å². The van der Waals surface area contributed by atoms with E-state index in [1.807, 2.05) is 60.7 Å². The Morgan fingerprint density at radius 3 is 1.28 bits per heavy atom. The van der Waals surface area contributed by atoms with Crippen LogP contribution in [0.5, 0.6) is 0 Å². The average Bonchev–Trinajstić information content (AvgIpc) is 3.69. The van der Waals surface area contributed by atoms with Crippen molar-refractivity contribution in [1.29, 1.82) is 0 Å². The molecule has 0 aliphatic carbocycles. The maximum absolute atomic E-state index is 13.5. The fourth-order valence-corrected chi connectivity index (χ4v) is 9.14. The summed E-state index contributed by atoms with van der Waals surface area (Å²) in [6.45, 7) is 4.25. The van der Waals surface area contributed by atoms with Gasteiger partial charge in [0.05, 0.1) is 12.2 Å². The Bertz CT molecular complexity index is 1830. The SMILES string of the molecule is CCCCCCCCCCCCCCCC(=O)OCC(COC(c1ccccc1)(c1ccccc1)c1ccc(C(=O)ON2C(=O)CCC2=O)cc1)OC(=O)CCCCCCCCCCCCCCC. The molecule has 3 aromatic rings. The highest BCUT2D eigenvalue weighted by Crippen LogP contribution is 2.41. The first-order valence-corrected chi connectivity index (χ1v) is 27.1. The zero-order chi connectivity index (χ0) is 49.2. The molecule has 1 aliphatic rings. The number of amides is 2. The number of nitrogens with zero attached hydrogens (tertiary/aromatic N) is 1. The number of carbonyl (C=O) groups is 5. The van der Waals surface area contributed by atoms with Gasteiger partial charge in [-0.1, -0.05) is 241 Å². The molecular weight excluding hydrogens is 867 g/mol. The molecule has 1 atom stereocenters. The lowest BCUT2D eigenvalue weighted by Gasteiger charge is -2.37. The molecule has 2 amide bonds. The summed E-state index contributed by atoms with van der Waals surface area (Å²) >= 11 is 0. The van der Waals surface area contributed by atoms with Crippen LogP contribution in [0.15, 0.2) is 84.9 Å². The van der Waals surface area contributed by atoms with Crippen LogP contribution >= 0.6 is 0 Å². The monoisotopic (exact) mass is 952 g/mol.